The first-order valence-corrected chi connectivity index (χ1v) is 16.0. The summed E-state index contributed by atoms with van der Waals surface area (Å²) >= 11 is 0. The van der Waals surface area contributed by atoms with Crippen LogP contribution in [0.5, 0.6) is 0 Å². The van der Waals surface area contributed by atoms with Crippen molar-refractivity contribution in [2.24, 2.45) is 0 Å². The van der Waals surface area contributed by atoms with Gasteiger partial charge in [0.25, 0.3) is 0 Å². The van der Waals surface area contributed by atoms with E-state index in [0.29, 0.717) is 43.9 Å². The molecule has 1 rings (SSSR count). The normalized spacial score (nSPS) is 16.1. The van der Waals surface area contributed by atoms with E-state index in [1.165, 1.54) is 13.8 Å². The molecule has 1 unspecified atom stereocenters. The van der Waals surface area contributed by atoms with Crippen molar-refractivity contribution >= 4 is 32.7 Å². The summed E-state index contributed by atoms with van der Waals surface area (Å²) in [5, 5.41) is 0. The molecule has 0 radical (unpaired) electrons. The van der Waals surface area contributed by atoms with Crippen LogP contribution in [0.25, 0.3) is 0 Å². The number of esters is 4. The second-order valence-corrected chi connectivity index (χ2v) is 12.5. The zero-order valence-electron chi connectivity index (χ0n) is 25.3. The predicted molar refractivity (Wildman–Crippen MR) is 151 cm³/mol. The lowest BCUT2D eigenvalue weighted by Crippen LogP contribution is -2.69. The lowest BCUT2D eigenvalue weighted by molar-refractivity contribution is -0.930. The third kappa shape index (κ3) is 12.0. The number of hydrogen-bond acceptors (Lipinski definition) is 11. The van der Waals surface area contributed by atoms with Crippen LogP contribution >= 0.6 is 0 Å². The van der Waals surface area contributed by atoms with Gasteiger partial charge in [-0.2, -0.15) is 0 Å². The number of carbonyl (C=O) groups excluding carboxylic acids is 4. The van der Waals surface area contributed by atoms with E-state index >= 15 is 0 Å². The van der Waals surface area contributed by atoms with E-state index in [9.17, 15) is 19.2 Å². The molecule has 0 spiro atoms. The molecule has 1 heterocycles. The van der Waals surface area contributed by atoms with E-state index < -0.39 is 32.7 Å². The highest BCUT2D eigenvalue weighted by atomic mass is 28.4. The molecular weight excluding hydrogens is 554 g/mol. The highest BCUT2D eigenvalue weighted by Crippen LogP contribution is 2.36. The molecule has 0 aromatic heterocycles. The van der Waals surface area contributed by atoms with Gasteiger partial charge < -0.3 is 36.7 Å². The molecule has 1 fully saturated rings. The number of carbonyl (C=O) groups is 4. The Labute approximate surface area is 244 Å². The lowest BCUT2D eigenvalue weighted by atomic mass is 10.2. The minimum atomic E-state index is -3.21. The van der Waals surface area contributed by atoms with Crippen LogP contribution in [0.1, 0.15) is 60.3 Å². The van der Waals surface area contributed by atoms with Crippen molar-refractivity contribution in [2.45, 2.75) is 66.0 Å². The van der Waals surface area contributed by atoms with E-state index in [0.717, 1.165) is 12.8 Å². The number of rotatable bonds is 21. The predicted octanol–water partition coefficient (Wildman–Crippen LogP) is 2.66. The molecule has 0 bridgehead atoms. The first-order chi connectivity index (χ1) is 19.5. The van der Waals surface area contributed by atoms with Crippen LogP contribution in [-0.4, -0.2) is 109 Å². The maximum atomic E-state index is 12.7. The smallest absolute Gasteiger partial charge is 0.462 e. The fraction of sp³-hybridized carbons (Fsp3) is 0.714. The van der Waals surface area contributed by atoms with Gasteiger partial charge in [-0.25, -0.2) is 9.59 Å². The molecule has 0 aromatic rings. The van der Waals surface area contributed by atoms with Gasteiger partial charge in [-0.15, -0.1) is 0 Å². The molecule has 1 atom stereocenters. The number of ether oxygens (including phenoxy) is 4. The van der Waals surface area contributed by atoms with Gasteiger partial charge >= 0.3 is 32.7 Å². The summed E-state index contributed by atoms with van der Waals surface area (Å²) in [5.41, 5.74) is 0.343. The third-order valence-corrected chi connectivity index (χ3v) is 10.3. The van der Waals surface area contributed by atoms with Gasteiger partial charge in [0, 0.05) is 43.8 Å². The standard InChI is InChI=1S/C28H48NO11Si/c1-8-38-41(39-9-2,40-10-3)24-12-11-15-29(24,16-13-25(30)34-18-20-36-27(32)22(4)5)17-14-26(31)35-19-21-37-28(33)23(6)7/h24H,4,6,8-21H2,1-3,5,7H3/q+1. The van der Waals surface area contributed by atoms with Crippen LogP contribution in [0.2, 0.25) is 0 Å². The second kappa shape index (κ2) is 18.8. The van der Waals surface area contributed by atoms with Gasteiger partial charge in [0.1, 0.15) is 26.4 Å². The SMILES string of the molecule is C=C(C)C(=O)OCCOC(=O)CC[N+]1(CCC(=O)OCCOC(=O)C(=C)C)CCCC1[Si](OCC)(OCC)OCC. The van der Waals surface area contributed by atoms with E-state index in [1.54, 1.807) is 0 Å². The average Bonchev–Trinajstić information content (AvgIpc) is 3.36. The summed E-state index contributed by atoms with van der Waals surface area (Å²) in [6.07, 6.45) is 1.74. The van der Waals surface area contributed by atoms with Crippen molar-refractivity contribution in [3.05, 3.63) is 24.3 Å². The Morgan fingerprint density at radius 2 is 1.10 bits per heavy atom. The Morgan fingerprint density at radius 1 is 0.707 bits per heavy atom. The zero-order valence-corrected chi connectivity index (χ0v) is 26.3. The van der Waals surface area contributed by atoms with E-state index in [-0.39, 0.29) is 56.1 Å². The van der Waals surface area contributed by atoms with Gasteiger partial charge in [-0.1, -0.05) is 13.2 Å². The topological polar surface area (TPSA) is 133 Å². The Bertz CT molecular complexity index is 840. The van der Waals surface area contributed by atoms with Crippen molar-refractivity contribution in [1.29, 1.82) is 0 Å². The Hall–Kier alpha value is -2.58. The first-order valence-electron chi connectivity index (χ1n) is 14.2. The second-order valence-electron chi connectivity index (χ2n) is 9.72. The molecule has 0 N–H and O–H groups in total. The minimum absolute atomic E-state index is 0.0668. The zero-order chi connectivity index (χ0) is 30.9. The summed E-state index contributed by atoms with van der Waals surface area (Å²) in [7, 11) is -3.21. The van der Waals surface area contributed by atoms with Gasteiger partial charge in [-0.3, -0.25) is 9.59 Å². The number of likely N-dealkylation sites (tertiary alicyclic amines) is 1. The maximum Gasteiger partial charge on any atom is 0.562 e. The van der Waals surface area contributed by atoms with Crippen molar-refractivity contribution in [3.63, 3.8) is 0 Å². The molecule has 0 aromatic carbocycles. The molecule has 0 amide bonds. The largest absolute Gasteiger partial charge is 0.562 e. The molecular formula is C28H48NO11Si+. The summed E-state index contributed by atoms with van der Waals surface area (Å²) in [5.74, 6) is -1.98. The third-order valence-electron chi connectivity index (χ3n) is 6.57. The van der Waals surface area contributed by atoms with Crippen molar-refractivity contribution < 1.29 is 55.9 Å². The highest BCUT2D eigenvalue weighted by molar-refractivity contribution is 6.62. The number of nitrogens with zero attached hydrogens (tertiary/aromatic N) is 1. The molecule has 0 saturated carbocycles. The summed E-state index contributed by atoms with van der Waals surface area (Å²) in [6, 6.07) is 0. The summed E-state index contributed by atoms with van der Waals surface area (Å²) in [6.45, 7) is 18.1. The minimum Gasteiger partial charge on any atom is -0.462 e. The molecule has 0 aliphatic carbocycles. The van der Waals surface area contributed by atoms with E-state index in [4.69, 9.17) is 32.2 Å². The van der Waals surface area contributed by atoms with E-state index in [1.807, 2.05) is 20.8 Å². The highest BCUT2D eigenvalue weighted by Gasteiger charge is 2.62. The van der Waals surface area contributed by atoms with Gasteiger partial charge in [-0.05, 0) is 34.6 Å². The van der Waals surface area contributed by atoms with Crippen molar-refractivity contribution in [1.82, 2.24) is 0 Å². The fourth-order valence-electron chi connectivity index (χ4n) is 4.80. The molecule has 1 saturated heterocycles. The quantitative estimate of drug-likeness (QED) is 0.0480. The number of hydrogen-bond donors (Lipinski definition) is 0. The van der Waals surface area contributed by atoms with Gasteiger partial charge in [0.15, 0.2) is 5.67 Å². The van der Waals surface area contributed by atoms with Crippen LogP contribution in [0.3, 0.4) is 0 Å². The van der Waals surface area contributed by atoms with Crippen molar-refractivity contribution in [3.8, 4) is 0 Å². The van der Waals surface area contributed by atoms with Gasteiger partial charge in [0.05, 0.1) is 32.5 Å². The summed E-state index contributed by atoms with van der Waals surface area (Å²) in [4.78, 5) is 48.4. The van der Waals surface area contributed by atoms with Crippen LogP contribution < -0.4 is 0 Å². The molecule has 1 aliphatic rings. The Balaban J connectivity index is 2.97. The first kappa shape index (κ1) is 36.4. The van der Waals surface area contributed by atoms with Crippen LogP contribution in [0.4, 0.5) is 0 Å². The monoisotopic (exact) mass is 602 g/mol. The van der Waals surface area contributed by atoms with Crippen LogP contribution in [-0.2, 0) is 51.4 Å². The van der Waals surface area contributed by atoms with E-state index in [2.05, 4.69) is 13.2 Å². The lowest BCUT2D eigenvalue weighted by Gasteiger charge is -2.45. The Kier molecular flexibility index (Phi) is 16.7. The maximum absolute atomic E-state index is 12.7. The van der Waals surface area contributed by atoms with Crippen LogP contribution in [0.15, 0.2) is 24.3 Å². The Morgan fingerprint density at radius 3 is 1.46 bits per heavy atom. The molecule has 12 nitrogen and oxygen atoms in total. The molecule has 41 heavy (non-hydrogen) atoms. The van der Waals surface area contributed by atoms with Gasteiger partial charge in [0.2, 0.25) is 0 Å². The average molecular weight is 603 g/mol. The summed E-state index contributed by atoms with van der Waals surface area (Å²) < 4.78 is 39.6. The number of quaternary nitrogens is 1. The fourth-order valence-corrected chi connectivity index (χ4v) is 8.45. The molecule has 1 aliphatic heterocycles. The van der Waals surface area contributed by atoms with Crippen molar-refractivity contribution in [2.75, 3.05) is 65.9 Å². The van der Waals surface area contributed by atoms with Crippen LogP contribution in [0, 0.1) is 0 Å². The molecule has 13 heteroatoms. The molecule has 234 valence electrons.